The van der Waals surface area contributed by atoms with Crippen molar-refractivity contribution in [1.82, 2.24) is 4.90 Å². The summed E-state index contributed by atoms with van der Waals surface area (Å²) in [6, 6.07) is 7.94. The first-order valence-corrected chi connectivity index (χ1v) is 11.1. The lowest BCUT2D eigenvalue weighted by atomic mass is 10.0. The number of carbonyl (C=O) groups excluding carboxylic acids is 2. The molecule has 2 atom stereocenters. The zero-order valence-corrected chi connectivity index (χ0v) is 20.2. The lowest BCUT2D eigenvalue weighted by Crippen LogP contribution is -2.38. The van der Waals surface area contributed by atoms with Crippen molar-refractivity contribution in [2.24, 2.45) is 11.7 Å². The number of hydrogen-bond acceptors (Lipinski definition) is 7. The number of thiophene rings is 1. The smallest absolute Gasteiger partial charge is 0.329 e. The Kier molecular flexibility index (Phi) is 9.33. The third-order valence-electron chi connectivity index (χ3n) is 5.09. The highest BCUT2D eigenvalue weighted by molar-refractivity contribution is 7.14. The number of fused-ring (bicyclic) bond motifs is 1. The van der Waals surface area contributed by atoms with Crippen molar-refractivity contribution >= 4 is 47.3 Å². The molecular formula is C22H28Cl2N2O4S. The van der Waals surface area contributed by atoms with Crippen LogP contribution in [0.4, 0.5) is 0 Å². The second-order valence-corrected chi connectivity index (χ2v) is 9.35. The molecule has 0 aliphatic carbocycles. The number of hydrogen-bond donors (Lipinski definition) is 1. The van der Waals surface area contributed by atoms with Crippen LogP contribution < -0.4 is 10.5 Å². The fourth-order valence-electron chi connectivity index (χ4n) is 3.66. The van der Waals surface area contributed by atoms with E-state index in [1.54, 1.807) is 6.07 Å². The van der Waals surface area contributed by atoms with Gasteiger partial charge in [-0.3, -0.25) is 4.90 Å². The van der Waals surface area contributed by atoms with E-state index >= 15 is 0 Å². The normalized spacial score (nSPS) is 15.5. The highest BCUT2D eigenvalue weighted by atomic mass is 35.5. The van der Waals surface area contributed by atoms with Crippen LogP contribution in [0.2, 0.25) is 5.02 Å². The summed E-state index contributed by atoms with van der Waals surface area (Å²) in [5.74, 6) is -0.450. The summed E-state index contributed by atoms with van der Waals surface area (Å²) >= 11 is 7.82. The first-order valence-electron chi connectivity index (χ1n) is 9.95. The van der Waals surface area contributed by atoms with Gasteiger partial charge in [-0.25, -0.2) is 9.59 Å². The molecule has 1 aliphatic rings. The Bertz CT molecular complexity index is 919. The van der Waals surface area contributed by atoms with E-state index in [1.807, 2.05) is 43.0 Å². The molecule has 31 heavy (non-hydrogen) atoms. The molecule has 1 aromatic heterocycles. The molecular weight excluding hydrogens is 459 g/mol. The summed E-state index contributed by atoms with van der Waals surface area (Å²) in [4.78, 5) is 28.0. The highest BCUT2D eigenvalue weighted by Crippen LogP contribution is 2.37. The molecule has 0 radical (unpaired) electrons. The summed E-state index contributed by atoms with van der Waals surface area (Å²) in [5, 5.41) is 1.07. The summed E-state index contributed by atoms with van der Waals surface area (Å²) < 4.78 is 10.6. The van der Waals surface area contributed by atoms with Crippen molar-refractivity contribution in [2.75, 3.05) is 13.7 Å². The number of benzene rings is 1. The van der Waals surface area contributed by atoms with Crippen LogP contribution in [0.25, 0.3) is 0 Å². The van der Waals surface area contributed by atoms with E-state index in [2.05, 4.69) is 0 Å². The van der Waals surface area contributed by atoms with Crippen LogP contribution in [0.5, 0.6) is 5.06 Å². The van der Waals surface area contributed by atoms with Crippen LogP contribution in [0.3, 0.4) is 0 Å². The van der Waals surface area contributed by atoms with Crippen molar-refractivity contribution in [1.29, 1.82) is 0 Å². The number of carbonyl (C=O) groups is 2. The summed E-state index contributed by atoms with van der Waals surface area (Å²) in [5.41, 5.74) is 7.69. The third kappa shape index (κ3) is 6.20. The Balaban J connectivity index is 0.00000341. The maximum absolute atomic E-state index is 12.6. The second-order valence-electron chi connectivity index (χ2n) is 7.84. The van der Waals surface area contributed by atoms with Gasteiger partial charge in [-0.15, -0.1) is 23.7 Å². The van der Waals surface area contributed by atoms with E-state index < -0.39 is 18.1 Å². The molecule has 170 valence electrons. The van der Waals surface area contributed by atoms with Gasteiger partial charge < -0.3 is 15.2 Å². The zero-order chi connectivity index (χ0) is 21.8. The zero-order valence-electron chi connectivity index (χ0n) is 17.8. The van der Waals surface area contributed by atoms with Gasteiger partial charge in [0.05, 0.1) is 7.11 Å². The number of halogens is 2. The maximum Gasteiger partial charge on any atom is 0.329 e. The second kappa shape index (κ2) is 11.3. The van der Waals surface area contributed by atoms with Crippen LogP contribution in [0.15, 0.2) is 30.3 Å². The number of esters is 2. The molecule has 2 unspecified atom stereocenters. The van der Waals surface area contributed by atoms with Crippen molar-refractivity contribution in [3.8, 4) is 5.06 Å². The molecule has 0 fully saturated rings. The van der Waals surface area contributed by atoms with Gasteiger partial charge in [0.2, 0.25) is 0 Å². The minimum atomic E-state index is -0.635. The lowest BCUT2D eigenvalue weighted by Gasteiger charge is -2.33. The van der Waals surface area contributed by atoms with Crippen LogP contribution in [0, 0.1) is 5.92 Å². The molecule has 1 aliphatic heterocycles. The third-order valence-corrected chi connectivity index (χ3v) is 6.55. The van der Waals surface area contributed by atoms with Gasteiger partial charge in [-0.1, -0.05) is 43.6 Å². The van der Waals surface area contributed by atoms with Crippen LogP contribution in [-0.2, 0) is 27.3 Å². The van der Waals surface area contributed by atoms with Gasteiger partial charge in [-0.2, -0.15) is 0 Å². The largest absolute Gasteiger partial charge is 0.468 e. The molecule has 0 saturated heterocycles. The van der Waals surface area contributed by atoms with Gasteiger partial charge in [0, 0.05) is 23.0 Å². The fourth-order valence-corrected chi connectivity index (χ4v) is 4.91. The fraction of sp³-hybridized carbons (Fsp3) is 0.455. The van der Waals surface area contributed by atoms with Gasteiger partial charge in [0.25, 0.3) is 0 Å². The Morgan fingerprint density at radius 1 is 1.26 bits per heavy atom. The minimum Gasteiger partial charge on any atom is -0.468 e. The molecule has 0 saturated carbocycles. The van der Waals surface area contributed by atoms with E-state index in [0.29, 0.717) is 35.5 Å². The van der Waals surface area contributed by atoms with Crippen LogP contribution >= 0.6 is 35.3 Å². The Morgan fingerprint density at radius 3 is 2.61 bits per heavy atom. The minimum absolute atomic E-state index is 0. The van der Waals surface area contributed by atoms with Crippen molar-refractivity contribution in [3.05, 3.63) is 51.4 Å². The Labute approximate surface area is 198 Å². The summed E-state index contributed by atoms with van der Waals surface area (Å²) in [7, 11) is 1.38. The molecule has 2 heterocycles. The first kappa shape index (κ1) is 25.6. The number of methoxy groups -OCH3 is 1. The number of ether oxygens (including phenoxy) is 2. The maximum atomic E-state index is 12.6. The average Bonchev–Trinajstić information content (AvgIpc) is 3.10. The standard InChI is InChI=1S/C22H27ClN2O4S.ClH/c1-13(2)10-17(24)21(26)29-19-11-14-12-25(9-8-18(14)30-19)20(22(27)28-3)15-6-4-5-7-16(15)23;/h4-7,11,13,17,20H,8-10,12,24H2,1-3H3;1H. The van der Waals surface area contributed by atoms with E-state index in [4.69, 9.17) is 26.8 Å². The molecule has 2 N–H and O–H groups in total. The summed E-state index contributed by atoms with van der Waals surface area (Å²) in [6.07, 6.45) is 1.32. The molecule has 0 bridgehead atoms. The Morgan fingerprint density at radius 2 is 1.97 bits per heavy atom. The summed E-state index contributed by atoms with van der Waals surface area (Å²) in [6.45, 7) is 5.23. The van der Waals surface area contributed by atoms with Crippen LogP contribution in [0.1, 0.15) is 42.3 Å². The van der Waals surface area contributed by atoms with Gasteiger partial charge >= 0.3 is 11.9 Å². The molecule has 9 heteroatoms. The van der Waals surface area contributed by atoms with Crippen molar-refractivity contribution < 1.29 is 19.1 Å². The quantitative estimate of drug-likeness (QED) is 0.584. The topological polar surface area (TPSA) is 81.9 Å². The molecule has 0 amide bonds. The first-order chi connectivity index (χ1) is 14.3. The van der Waals surface area contributed by atoms with Crippen LogP contribution in [-0.4, -0.2) is 36.5 Å². The molecule has 0 spiro atoms. The van der Waals surface area contributed by atoms with Crippen molar-refractivity contribution in [2.45, 2.75) is 45.3 Å². The highest BCUT2D eigenvalue weighted by Gasteiger charge is 2.33. The molecule has 2 aromatic rings. The van der Waals surface area contributed by atoms with E-state index in [1.165, 1.54) is 18.4 Å². The van der Waals surface area contributed by atoms with Gasteiger partial charge in [0.15, 0.2) is 5.06 Å². The molecule has 1 aromatic carbocycles. The van der Waals surface area contributed by atoms with E-state index in [9.17, 15) is 9.59 Å². The predicted molar refractivity (Wildman–Crippen MR) is 125 cm³/mol. The van der Waals surface area contributed by atoms with Gasteiger partial charge in [-0.05, 0) is 42.0 Å². The average molecular weight is 487 g/mol. The number of nitrogens with zero attached hydrogens (tertiary/aromatic N) is 1. The Hall–Kier alpha value is -1.64. The number of rotatable bonds is 7. The molecule has 3 rings (SSSR count). The van der Waals surface area contributed by atoms with E-state index in [0.717, 1.165) is 22.4 Å². The van der Waals surface area contributed by atoms with Gasteiger partial charge in [0.1, 0.15) is 12.1 Å². The van der Waals surface area contributed by atoms with Crippen molar-refractivity contribution in [3.63, 3.8) is 0 Å². The lowest BCUT2D eigenvalue weighted by molar-refractivity contribution is -0.147. The van der Waals surface area contributed by atoms with E-state index in [-0.39, 0.29) is 18.4 Å². The predicted octanol–water partition coefficient (Wildman–Crippen LogP) is 4.37. The molecule has 6 nitrogen and oxygen atoms in total. The monoisotopic (exact) mass is 486 g/mol. The number of nitrogens with two attached hydrogens (primary N) is 1. The SMILES string of the molecule is COC(=O)C(c1ccccc1Cl)N1CCc2sc(OC(=O)C(N)CC(C)C)cc2C1.Cl.